The molecule has 26 heavy (non-hydrogen) atoms. The van der Waals surface area contributed by atoms with E-state index in [1.807, 2.05) is 6.07 Å². The van der Waals surface area contributed by atoms with Gasteiger partial charge in [-0.25, -0.2) is 9.59 Å². The maximum Gasteiger partial charge on any atom is 0.410 e. The van der Waals surface area contributed by atoms with Crippen molar-refractivity contribution in [2.24, 2.45) is 0 Å². The summed E-state index contributed by atoms with van der Waals surface area (Å²) < 4.78 is 5.25. The molecule has 0 aliphatic carbocycles. The summed E-state index contributed by atoms with van der Waals surface area (Å²) in [7, 11) is 0. The van der Waals surface area contributed by atoms with Crippen molar-refractivity contribution in [2.45, 2.75) is 32.4 Å². The Kier molecular flexibility index (Phi) is 5.50. The second-order valence-corrected chi connectivity index (χ2v) is 6.96. The summed E-state index contributed by atoms with van der Waals surface area (Å²) in [5.41, 5.74) is 0.123. The van der Waals surface area contributed by atoms with E-state index in [-0.39, 0.29) is 19.6 Å². The van der Waals surface area contributed by atoms with E-state index in [0.29, 0.717) is 11.1 Å². The Labute approximate surface area is 151 Å². The van der Waals surface area contributed by atoms with Gasteiger partial charge in [-0.1, -0.05) is 12.1 Å². The molecule has 8 nitrogen and oxygen atoms in total. The van der Waals surface area contributed by atoms with E-state index < -0.39 is 29.6 Å². The number of nitrogens with zero attached hydrogens (tertiary/aromatic N) is 3. The first-order valence-electron chi connectivity index (χ1n) is 8.12. The van der Waals surface area contributed by atoms with E-state index in [2.05, 4.69) is 0 Å². The Morgan fingerprint density at radius 1 is 1.23 bits per heavy atom. The lowest BCUT2D eigenvalue weighted by Crippen LogP contribution is -2.55. The SMILES string of the molecule is CC(C)(C)OC(=O)N1CCN(C(C(=O)O)c2ccc(C#N)cc2)C(=O)C1. The number of carboxylic acids is 1. The smallest absolute Gasteiger partial charge is 0.410 e. The summed E-state index contributed by atoms with van der Waals surface area (Å²) in [5, 5.41) is 18.4. The molecular formula is C18H21N3O5. The van der Waals surface area contributed by atoms with Crippen molar-refractivity contribution in [2.75, 3.05) is 19.6 Å². The van der Waals surface area contributed by atoms with Crippen molar-refractivity contribution >= 4 is 18.0 Å². The molecular weight excluding hydrogens is 338 g/mol. The number of carbonyl (C=O) groups is 3. The Hall–Kier alpha value is -3.08. The number of ether oxygens (including phenoxy) is 1. The second kappa shape index (κ2) is 7.44. The van der Waals surface area contributed by atoms with Gasteiger partial charge in [0.1, 0.15) is 12.1 Å². The molecule has 8 heteroatoms. The zero-order valence-corrected chi connectivity index (χ0v) is 14.9. The van der Waals surface area contributed by atoms with Crippen LogP contribution in [0.2, 0.25) is 0 Å². The summed E-state index contributed by atoms with van der Waals surface area (Å²) >= 11 is 0. The van der Waals surface area contributed by atoms with Crippen LogP contribution in [0.15, 0.2) is 24.3 Å². The number of amides is 2. The first-order valence-corrected chi connectivity index (χ1v) is 8.12. The van der Waals surface area contributed by atoms with Gasteiger partial charge in [-0.05, 0) is 38.5 Å². The van der Waals surface area contributed by atoms with Crippen molar-refractivity contribution in [3.8, 4) is 6.07 Å². The summed E-state index contributed by atoms with van der Waals surface area (Å²) in [6.07, 6.45) is -0.601. The second-order valence-electron chi connectivity index (χ2n) is 6.96. The molecule has 1 fully saturated rings. The van der Waals surface area contributed by atoms with E-state index in [4.69, 9.17) is 10.00 Å². The molecule has 1 aromatic carbocycles. The number of nitriles is 1. The molecule has 0 saturated carbocycles. The van der Waals surface area contributed by atoms with Gasteiger partial charge in [0.05, 0.1) is 11.6 Å². The fourth-order valence-electron chi connectivity index (χ4n) is 2.64. The number of carbonyl (C=O) groups excluding carboxylic acids is 2. The van der Waals surface area contributed by atoms with Crippen LogP contribution in [0.4, 0.5) is 4.79 Å². The number of piperazine rings is 1. The highest BCUT2D eigenvalue weighted by Crippen LogP contribution is 2.24. The molecule has 1 unspecified atom stereocenters. The summed E-state index contributed by atoms with van der Waals surface area (Å²) in [6, 6.07) is 6.84. The van der Waals surface area contributed by atoms with Gasteiger partial charge in [0.25, 0.3) is 0 Å². The molecule has 1 heterocycles. The number of hydrogen-bond donors (Lipinski definition) is 1. The van der Waals surface area contributed by atoms with Crippen molar-refractivity contribution in [3.63, 3.8) is 0 Å². The fraction of sp³-hybridized carbons (Fsp3) is 0.444. The van der Waals surface area contributed by atoms with Gasteiger partial charge >= 0.3 is 12.1 Å². The minimum Gasteiger partial charge on any atom is -0.479 e. The van der Waals surface area contributed by atoms with Crippen molar-refractivity contribution in [1.82, 2.24) is 9.80 Å². The lowest BCUT2D eigenvalue weighted by Gasteiger charge is -2.38. The third-order valence-corrected chi connectivity index (χ3v) is 3.81. The topological polar surface area (TPSA) is 111 Å². The van der Waals surface area contributed by atoms with Crippen LogP contribution in [-0.2, 0) is 14.3 Å². The van der Waals surface area contributed by atoms with Gasteiger partial charge in [0.2, 0.25) is 5.91 Å². The van der Waals surface area contributed by atoms with Gasteiger partial charge in [-0.3, -0.25) is 9.69 Å². The van der Waals surface area contributed by atoms with E-state index in [1.54, 1.807) is 20.8 Å². The lowest BCUT2D eigenvalue weighted by molar-refractivity contribution is -0.153. The highest BCUT2D eigenvalue weighted by molar-refractivity contribution is 5.88. The Morgan fingerprint density at radius 3 is 2.31 bits per heavy atom. The maximum absolute atomic E-state index is 12.5. The Bertz CT molecular complexity index is 746. The largest absolute Gasteiger partial charge is 0.479 e. The van der Waals surface area contributed by atoms with E-state index in [0.717, 1.165) is 0 Å². The van der Waals surface area contributed by atoms with Crippen molar-refractivity contribution < 1.29 is 24.2 Å². The molecule has 0 radical (unpaired) electrons. The zero-order chi connectivity index (χ0) is 19.5. The zero-order valence-electron chi connectivity index (χ0n) is 14.9. The van der Waals surface area contributed by atoms with Gasteiger partial charge in [0, 0.05) is 13.1 Å². The van der Waals surface area contributed by atoms with Crippen LogP contribution >= 0.6 is 0 Å². The van der Waals surface area contributed by atoms with Crippen LogP contribution in [0.3, 0.4) is 0 Å². The fourth-order valence-corrected chi connectivity index (χ4v) is 2.64. The third-order valence-electron chi connectivity index (χ3n) is 3.81. The average Bonchev–Trinajstić information content (AvgIpc) is 2.55. The predicted octanol–water partition coefficient (Wildman–Crippen LogP) is 1.76. The van der Waals surface area contributed by atoms with Gasteiger partial charge in [-0.2, -0.15) is 5.26 Å². The molecule has 1 aliphatic rings. The summed E-state index contributed by atoms with van der Waals surface area (Å²) in [4.78, 5) is 38.8. The lowest BCUT2D eigenvalue weighted by atomic mass is 10.0. The number of aliphatic carboxylic acids is 1. The molecule has 1 atom stereocenters. The maximum atomic E-state index is 12.5. The molecule has 1 aliphatic heterocycles. The molecule has 1 aromatic rings. The number of rotatable bonds is 3. The first kappa shape index (κ1) is 19.2. The van der Waals surface area contributed by atoms with E-state index in [1.165, 1.54) is 34.1 Å². The molecule has 138 valence electrons. The molecule has 2 rings (SSSR count). The summed E-state index contributed by atoms with van der Waals surface area (Å²) in [6.45, 7) is 5.21. The van der Waals surface area contributed by atoms with E-state index >= 15 is 0 Å². The van der Waals surface area contributed by atoms with Crippen LogP contribution < -0.4 is 0 Å². The molecule has 0 spiro atoms. The highest BCUT2D eigenvalue weighted by atomic mass is 16.6. The van der Waals surface area contributed by atoms with Gasteiger partial charge in [0.15, 0.2) is 6.04 Å². The van der Waals surface area contributed by atoms with Crippen LogP contribution in [0, 0.1) is 11.3 Å². The predicted molar refractivity (Wildman–Crippen MR) is 91.1 cm³/mol. The van der Waals surface area contributed by atoms with Gasteiger partial charge < -0.3 is 14.7 Å². The Morgan fingerprint density at radius 2 is 1.85 bits per heavy atom. The van der Waals surface area contributed by atoms with Gasteiger partial charge in [-0.15, -0.1) is 0 Å². The normalized spacial score (nSPS) is 16.0. The van der Waals surface area contributed by atoms with Crippen molar-refractivity contribution in [3.05, 3.63) is 35.4 Å². The highest BCUT2D eigenvalue weighted by Gasteiger charge is 2.37. The van der Waals surface area contributed by atoms with Crippen molar-refractivity contribution in [1.29, 1.82) is 5.26 Å². The molecule has 2 amide bonds. The van der Waals surface area contributed by atoms with Crippen LogP contribution in [0.1, 0.15) is 37.9 Å². The molecule has 1 saturated heterocycles. The minimum atomic E-state index is -1.17. The van der Waals surface area contributed by atoms with Crippen LogP contribution in [0.25, 0.3) is 0 Å². The standard InChI is InChI=1S/C18H21N3O5/c1-18(2,3)26-17(25)20-8-9-21(14(22)11-20)15(16(23)24)13-6-4-12(10-19)5-7-13/h4-7,15H,8-9,11H2,1-3H3,(H,23,24). The molecule has 0 aromatic heterocycles. The number of carboxylic acid groups (broad SMARTS) is 1. The van der Waals surface area contributed by atoms with Crippen LogP contribution in [0.5, 0.6) is 0 Å². The quantitative estimate of drug-likeness (QED) is 0.880. The molecule has 1 N–H and O–H groups in total. The number of benzene rings is 1. The van der Waals surface area contributed by atoms with Crippen LogP contribution in [-0.4, -0.2) is 58.1 Å². The average molecular weight is 359 g/mol. The monoisotopic (exact) mass is 359 g/mol. The third kappa shape index (κ3) is 4.51. The molecule has 0 bridgehead atoms. The Balaban J connectivity index is 2.15. The number of hydrogen-bond acceptors (Lipinski definition) is 5. The van der Waals surface area contributed by atoms with E-state index in [9.17, 15) is 19.5 Å². The minimum absolute atomic E-state index is 0.0784. The first-order chi connectivity index (χ1) is 12.1. The summed E-state index contributed by atoms with van der Waals surface area (Å²) in [5.74, 6) is -1.65.